The summed E-state index contributed by atoms with van der Waals surface area (Å²) < 4.78 is 5.93. The molecule has 0 spiro atoms. The monoisotopic (exact) mass is 272 g/mol. The minimum absolute atomic E-state index is 0.152. The van der Waals surface area contributed by atoms with Crippen molar-refractivity contribution in [3.63, 3.8) is 0 Å². The fourth-order valence-corrected chi connectivity index (χ4v) is 2.69. The maximum Gasteiger partial charge on any atom is 0.0820 e. The topological polar surface area (TPSA) is 34.2 Å². The second kappa shape index (κ2) is 6.33. The molecule has 0 bridgehead atoms. The largest absolute Gasteiger partial charge is 0.374 e. The number of rotatable bonds is 6. The molecule has 3 heteroatoms. The van der Waals surface area contributed by atoms with E-state index in [1.165, 1.54) is 10.9 Å². The SMILES string of the molecule is CCNC(c1ccc2cccnc2c1)C(C)(C)OCC. The molecule has 0 saturated heterocycles. The zero-order chi connectivity index (χ0) is 14.6. The molecular formula is C17H24N2O. The third-order valence-electron chi connectivity index (χ3n) is 3.58. The van der Waals surface area contributed by atoms with Gasteiger partial charge in [0.2, 0.25) is 0 Å². The lowest BCUT2D eigenvalue weighted by atomic mass is 9.90. The summed E-state index contributed by atoms with van der Waals surface area (Å²) in [7, 11) is 0. The molecule has 1 atom stereocenters. The molecule has 0 aliphatic rings. The Balaban J connectivity index is 2.40. The highest BCUT2D eigenvalue weighted by Crippen LogP contribution is 2.30. The van der Waals surface area contributed by atoms with Gasteiger partial charge in [0.1, 0.15) is 0 Å². The van der Waals surface area contributed by atoms with E-state index in [1.54, 1.807) is 0 Å². The van der Waals surface area contributed by atoms with Crippen LogP contribution in [0, 0.1) is 0 Å². The van der Waals surface area contributed by atoms with Crippen molar-refractivity contribution < 1.29 is 4.74 Å². The van der Waals surface area contributed by atoms with E-state index < -0.39 is 0 Å². The molecule has 2 rings (SSSR count). The first-order valence-electron chi connectivity index (χ1n) is 7.30. The van der Waals surface area contributed by atoms with Gasteiger partial charge in [-0.25, -0.2) is 0 Å². The molecule has 108 valence electrons. The molecule has 0 fully saturated rings. The summed E-state index contributed by atoms with van der Waals surface area (Å²) in [4.78, 5) is 4.44. The Kier molecular flexibility index (Phi) is 4.73. The van der Waals surface area contributed by atoms with Crippen LogP contribution in [0.15, 0.2) is 36.5 Å². The van der Waals surface area contributed by atoms with Crippen LogP contribution in [0.25, 0.3) is 10.9 Å². The van der Waals surface area contributed by atoms with Gasteiger partial charge in [0, 0.05) is 18.2 Å². The van der Waals surface area contributed by atoms with Crippen molar-refractivity contribution in [2.24, 2.45) is 0 Å². The molecule has 1 aromatic heterocycles. The molecule has 20 heavy (non-hydrogen) atoms. The normalized spacial score (nSPS) is 13.6. The number of hydrogen-bond donors (Lipinski definition) is 1. The molecule has 0 saturated carbocycles. The maximum atomic E-state index is 5.93. The average Bonchev–Trinajstić information content (AvgIpc) is 2.44. The van der Waals surface area contributed by atoms with Gasteiger partial charge in [0.05, 0.1) is 17.2 Å². The highest BCUT2D eigenvalue weighted by molar-refractivity contribution is 5.79. The van der Waals surface area contributed by atoms with Crippen molar-refractivity contribution in [1.82, 2.24) is 10.3 Å². The van der Waals surface area contributed by atoms with Crippen LogP contribution in [0.5, 0.6) is 0 Å². The van der Waals surface area contributed by atoms with Crippen LogP contribution in [-0.2, 0) is 4.74 Å². The van der Waals surface area contributed by atoms with Crippen LogP contribution < -0.4 is 5.32 Å². The predicted octanol–water partition coefficient (Wildman–Crippen LogP) is 3.70. The first-order chi connectivity index (χ1) is 9.58. The smallest absolute Gasteiger partial charge is 0.0820 e. The molecule has 0 aliphatic carbocycles. The number of benzene rings is 1. The Morgan fingerprint density at radius 3 is 2.75 bits per heavy atom. The summed E-state index contributed by atoms with van der Waals surface area (Å²) in [5, 5.41) is 4.70. The molecule has 0 aliphatic heterocycles. The van der Waals surface area contributed by atoms with E-state index in [9.17, 15) is 0 Å². The van der Waals surface area contributed by atoms with E-state index in [4.69, 9.17) is 4.74 Å². The van der Waals surface area contributed by atoms with Crippen molar-refractivity contribution in [1.29, 1.82) is 0 Å². The minimum atomic E-state index is -0.257. The summed E-state index contributed by atoms with van der Waals surface area (Å²) >= 11 is 0. The summed E-state index contributed by atoms with van der Waals surface area (Å²) in [5.74, 6) is 0. The second-order valence-electron chi connectivity index (χ2n) is 5.48. The highest BCUT2D eigenvalue weighted by Gasteiger charge is 2.30. The Bertz CT molecular complexity index is 566. The average molecular weight is 272 g/mol. The van der Waals surface area contributed by atoms with E-state index in [1.807, 2.05) is 19.2 Å². The third-order valence-corrected chi connectivity index (χ3v) is 3.58. The van der Waals surface area contributed by atoms with Crippen LogP contribution >= 0.6 is 0 Å². The highest BCUT2D eigenvalue weighted by atomic mass is 16.5. The fourth-order valence-electron chi connectivity index (χ4n) is 2.69. The number of nitrogens with one attached hydrogen (secondary N) is 1. The van der Waals surface area contributed by atoms with Crippen molar-refractivity contribution in [2.45, 2.75) is 39.3 Å². The van der Waals surface area contributed by atoms with Gasteiger partial charge in [-0.05, 0) is 45.0 Å². The Hall–Kier alpha value is -1.45. The van der Waals surface area contributed by atoms with Crippen LogP contribution in [-0.4, -0.2) is 23.7 Å². The van der Waals surface area contributed by atoms with Crippen molar-refractivity contribution in [3.8, 4) is 0 Å². The van der Waals surface area contributed by atoms with Crippen molar-refractivity contribution >= 4 is 10.9 Å². The molecule has 3 nitrogen and oxygen atoms in total. The minimum Gasteiger partial charge on any atom is -0.374 e. The lowest BCUT2D eigenvalue weighted by Gasteiger charge is -2.35. The van der Waals surface area contributed by atoms with Crippen molar-refractivity contribution in [3.05, 3.63) is 42.1 Å². The molecule has 1 aromatic carbocycles. The number of aromatic nitrogens is 1. The third kappa shape index (κ3) is 3.17. The Morgan fingerprint density at radius 2 is 2.05 bits per heavy atom. The molecule has 2 aromatic rings. The predicted molar refractivity (Wildman–Crippen MR) is 83.9 cm³/mol. The summed E-state index contributed by atoms with van der Waals surface area (Å²) in [6, 6.07) is 10.7. The quantitative estimate of drug-likeness (QED) is 0.870. The van der Waals surface area contributed by atoms with E-state index in [0.717, 1.165) is 12.1 Å². The number of hydrogen-bond acceptors (Lipinski definition) is 3. The molecule has 1 unspecified atom stereocenters. The second-order valence-corrected chi connectivity index (χ2v) is 5.48. The molecule has 1 N–H and O–H groups in total. The Morgan fingerprint density at radius 1 is 1.25 bits per heavy atom. The summed E-state index contributed by atoms with van der Waals surface area (Å²) in [6.07, 6.45) is 1.84. The van der Waals surface area contributed by atoms with E-state index in [-0.39, 0.29) is 11.6 Å². The van der Waals surface area contributed by atoms with Crippen LogP contribution in [0.3, 0.4) is 0 Å². The lowest BCUT2D eigenvalue weighted by Crippen LogP contribution is -2.41. The lowest BCUT2D eigenvalue weighted by molar-refractivity contribution is -0.0388. The van der Waals surface area contributed by atoms with Crippen LogP contribution in [0.2, 0.25) is 0 Å². The maximum absolute atomic E-state index is 5.93. The zero-order valence-electron chi connectivity index (χ0n) is 12.8. The number of fused-ring (bicyclic) bond motifs is 1. The first kappa shape index (κ1) is 14.9. The van der Waals surface area contributed by atoms with Crippen molar-refractivity contribution in [2.75, 3.05) is 13.2 Å². The van der Waals surface area contributed by atoms with E-state index in [2.05, 4.69) is 55.3 Å². The van der Waals surface area contributed by atoms with Gasteiger partial charge in [0.25, 0.3) is 0 Å². The zero-order valence-corrected chi connectivity index (χ0v) is 12.8. The van der Waals surface area contributed by atoms with Gasteiger partial charge in [-0.15, -0.1) is 0 Å². The van der Waals surface area contributed by atoms with Gasteiger partial charge < -0.3 is 10.1 Å². The first-order valence-corrected chi connectivity index (χ1v) is 7.30. The van der Waals surface area contributed by atoms with Gasteiger partial charge >= 0.3 is 0 Å². The van der Waals surface area contributed by atoms with Gasteiger partial charge in [-0.2, -0.15) is 0 Å². The van der Waals surface area contributed by atoms with E-state index in [0.29, 0.717) is 6.61 Å². The van der Waals surface area contributed by atoms with Gasteiger partial charge in [-0.3, -0.25) is 4.98 Å². The molecule has 0 amide bonds. The fraction of sp³-hybridized carbons (Fsp3) is 0.471. The molecule has 1 heterocycles. The number of pyridine rings is 1. The molecule has 0 radical (unpaired) electrons. The number of nitrogens with zero attached hydrogens (tertiary/aromatic N) is 1. The van der Waals surface area contributed by atoms with Crippen LogP contribution in [0.1, 0.15) is 39.3 Å². The summed E-state index contributed by atoms with van der Waals surface area (Å²) in [5.41, 5.74) is 1.99. The summed E-state index contributed by atoms with van der Waals surface area (Å²) in [6.45, 7) is 10.0. The standard InChI is InChI=1S/C17H24N2O/c1-5-18-16(17(3,4)20-6-2)14-10-9-13-8-7-11-19-15(13)12-14/h7-12,16,18H,5-6H2,1-4H3. The number of likely N-dealkylation sites (N-methyl/N-ethyl adjacent to an activating group) is 1. The van der Waals surface area contributed by atoms with E-state index >= 15 is 0 Å². The molecular weight excluding hydrogens is 248 g/mol. The van der Waals surface area contributed by atoms with Crippen LogP contribution in [0.4, 0.5) is 0 Å². The Labute approximate surface area is 121 Å². The van der Waals surface area contributed by atoms with Gasteiger partial charge in [0.15, 0.2) is 0 Å². The number of ether oxygens (including phenoxy) is 1. The van der Waals surface area contributed by atoms with Gasteiger partial charge in [-0.1, -0.05) is 25.1 Å².